The van der Waals surface area contributed by atoms with Crippen LogP contribution in [0.2, 0.25) is 16.6 Å². The molecule has 0 fully saturated rings. The van der Waals surface area contributed by atoms with E-state index in [2.05, 4.69) is 60.6 Å². The first-order valence-corrected chi connectivity index (χ1v) is 8.78. The molecule has 0 aromatic carbocycles. The van der Waals surface area contributed by atoms with Crippen molar-refractivity contribution in [1.29, 1.82) is 0 Å². The van der Waals surface area contributed by atoms with Gasteiger partial charge in [0, 0.05) is 6.61 Å². The molecule has 0 saturated carbocycles. The van der Waals surface area contributed by atoms with Crippen LogP contribution >= 0.6 is 0 Å². The Hall–Kier alpha value is -0.0831. The zero-order valence-electron chi connectivity index (χ0n) is 12.2. The molecule has 0 spiro atoms. The van der Waals surface area contributed by atoms with E-state index >= 15 is 0 Å². The molecule has 0 atom stereocenters. The second kappa shape index (κ2) is 7.28. The third kappa shape index (κ3) is 3.74. The van der Waals surface area contributed by atoms with Crippen LogP contribution in [0.1, 0.15) is 54.9 Å². The Bertz CT molecular complexity index is 185. The second-order valence-electron chi connectivity index (χ2n) is 5.52. The maximum absolute atomic E-state index is 6.40. The first kappa shape index (κ1) is 15.9. The molecule has 0 heterocycles. The minimum atomic E-state index is -1.61. The maximum atomic E-state index is 6.40. The standard InChI is InChI=1S/C14H30OSi/c1-8-9-10-11-15-16(12(2)3,13(4)5)14(6)7/h8-9,12-14H,10-11H2,1-7H3/b9-8+. The lowest BCUT2D eigenvalue weighted by molar-refractivity contribution is 0.284. The van der Waals surface area contributed by atoms with Gasteiger partial charge in [0.25, 0.3) is 0 Å². The van der Waals surface area contributed by atoms with Gasteiger partial charge in [0.1, 0.15) is 0 Å². The lowest BCUT2D eigenvalue weighted by Gasteiger charge is -2.42. The van der Waals surface area contributed by atoms with Gasteiger partial charge in [0.15, 0.2) is 8.32 Å². The van der Waals surface area contributed by atoms with Crippen molar-refractivity contribution in [3.63, 3.8) is 0 Å². The third-order valence-electron chi connectivity index (χ3n) is 3.58. The molecule has 16 heavy (non-hydrogen) atoms. The van der Waals surface area contributed by atoms with Crippen LogP contribution in [-0.2, 0) is 4.43 Å². The molecule has 96 valence electrons. The van der Waals surface area contributed by atoms with Crippen molar-refractivity contribution in [3.05, 3.63) is 12.2 Å². The molecular formula is C14H30OSi. The van der Waals surface area contributed by atoms with Gasteiger partial charge in [0.2, 0.25) is 0 Å². The van der Waals surface area contributed by atoms with Gasteiger partial charge < -0.3 is 4.43 Å². The topological polar surface area (TPSA) is 9.23 Å². The lowest BCUT2D eigenvalue weighted by Crippen LogP contribution is -2.47. The van der Waals surface area contributed by atoms with Crippen molar-refractivity contribution in [2.45, 2.75) is 71.5 Å². The van der Waals surface area contributed by atoms with Gasteiger partial charge in [0.05, 0.1) is 0 Å². The molecule has 0 saturated heterocycles. The number of allylic oxidation sites excluding steroid dienone is 1. The molecule has 0 aliphatic carbocycles. The van der Waals surface area contributed by atoms with Crippen LogP contribution in [0.25, 0.3) is 0 Å². The van der Waals surface area contributed by atoms with E-state index in [1.54, 1.807) is 0 Å². The Balaban J connectivity index is 4.64. The molecule has 0 aliphatic heterocycles. The molecule has 1 nitrogen and oxygen atoms in total. The Kier molecular flexibility index (Phi) is 7.25. The molecule has 0 N–H and O–H groups in total. The van der Waals surface area contributed by atoms with Crippen molar-refractivity contribution in [2.75, 3.05) is 6.61 Å². The highest BCUT2D eigenvalue weighted by atomic mass is 28.4. The summed E-state index contributed by atoms with van der Waals surface area (Å²) >= 11 is 0. The summed E-state index contributed by atoms with van der Waals surface area (Å²) in [5.74, 6) is 0. The van der Waals surface area contributed by atoms with Gasteiger partial charge in [-0.05, 0) is 30.0 Å². The highest BCUT2D eigenvalue weighted by Gasteiger charge is 2.44. The predicted molar refractivity (Wildman–Crippen MR) is 76.4 cm³/mol. The Morgan fingerprint density at radius 1 is 0.938 bits per heavy atom. The third-order valence-corrected chi connectivity index (χ3v) is 9.70. The molecule has 0 aromatic rings. The fraction of sp³-hybridized carbons (Fsp3) is 0.857. The molecule has 0 aliphatic rings. The Labute approximate surface area is 103 Å². The van der Waals surface area contributed by atoms with Gasteiger partial charge in [-0.2, -0.15) is 0 Å². The molecule has 0 unspecified atom stereocenters. The minimum absolute atomic E-state index is 0.693. The molecule has 0 rings (SSSR count). The lowest BCUT2D eigenvalue weighted by atomic mass is 10.4. The summed E-state index contributed by atoms with van der Waals surface area (Å²) in [6.45, 7) is 17.0. The zero-order valence-corrected chi connectivity index (χ0v) is 13.2. The number of rotatable bonds is 7. The summed E-state index contributed by atoms with van der Waals surface area (Å²) in [7, 11) is -1.61. The van der Waals surface area contributed by atoms with Crippen LogP contribution in [0.5, 0.6) is 0 Å². The van der Waals surface area contributed by atoms with Crippen molar-refractivity contribution >= 4 is 8.32 Å². The van der Waals surface area contributed by atoms with Gasteiger partial charge in [-0.15, -0.1) is 0 Å². The van der Waals surface area contributed by atoms with E-state index in [4.69, 9.17) is 4.43 Å². The largest absolute Gasteiger partial charge is 0.416 e. The van der Waals surface area contributed by atoms with Crippen LogP contribution in [0, 0.1) is 0 Å². The summed E-state index contributed by atoms with van der Waals surface area (Å²) in [4.78, 5) is 0. The summed E-state index contributed by atoms with van der Waals surface area (Å²) in [6.07, 6.45) is 5.35. The van der Waals surface area contributed by atoms with E-state index in [-0.39, 0.29) is 0 Å². The van der Waals surface area contributed by atoms with Crippen LogP contribution in [0.15, 0.2) is 12.2 Å². The molecule has 0 bridgehead atoms. The van der Waals surface area contributed by atoms with Crippen molar-refractivity contribution in [2.24, 2.45) is 0 Å². The van der Waals surface area contributed by atoms with Gasteiger partial charge in [-0.1, -0.05) is 53.7 Å². The average molecular weight is 242 g/mol. The van der Waals surface area contributed by atoms with E-state index in [1.807, 2.05) is 0 Å². The normalized spacial score (nSPS) is 13.6. The van der Waals surface area contributed by atoms with Crippen molar-refractivity contribution in [3.8, 4) is 0 Å². The second-order valence-corrected chi connectivity index (χ2v) is 11.0. The molecule has 0 radical (unpaired) electrons. The Morgan fingerprint density at radius 3 is 1.69 bits per heavy atom. The zero-order chi connectivity index (χ0) is 12.8. The summed E-state index contributed by atoms with van der Waals surface area (Å²) in [6, 6.07) is 0. The van der Waals surface area contributed by atoms with Crippen LogP contribution < -0.4 is 0 Å². The van der Waals surface area contributed by atoms with Crippen LogP contribution in [0.3, 0.4) is 0 Å². The van der Waals surface area contributed by atoms with Gasteiger partial charge in [-0.25, -0.2) is 0 Å². The monoisotopic (exact) mass is 242 g/mol. The average Bonchev–Trinajstić information content (AvgIpc) is 2.16. The van der Waals surface area contributed by atoms with Gasteiger partial charge in [-0.3, -0.25) is 0 Å². The maximum Gasteiger partial charge on any atom is 0.200 e. The van der Waals surface area contributed by atoms with E-state index in [0.29, 0.717) is 16.6 Å². The van der Waals surface area contributed by atoms with E-state index in [1.165, 1.54) is 0 Å². The van der Waals surface area contributed by atoms with Crippen LogP contribution in [0.4, 0.5) is 0 Å². The summed E-state index contributed by atoms with van der Waals surface area (Å²) in [5, 5.41) is 0. The van der Waals surface area contributed by atoms with Gasteiger partial charge >= 0.3 is 0 Å². The van der Waals surface area contributed by atoms with E-state index in [0.717, 1.165) is 13.0 Å². The molecule has 0 amide bonds. The Morgan fingerprint density at radius 2 is 1.38 bits per heavy atom. The van der Waals surface area contributed by atoms with Crippen LogP contribution in [-0.4, -0.2) is 14.9 Å². The quantitative estimate of drug-likeness (QED) is 0.341. The first-order valence-electron chi connectivity index (χ1n) is 6.64. The summed E-state index contributed by atoms with van der Waals surface area (Å²) < 4.78 is 6.40. The highest BCUT2D eigenvalue weighted by molar-refractivity contribution is 6.77. The smallest absolute Gasteiger partial charge is 0.200 e. The van der Waals surface area contributed by atoms with Crippen molar-refractivity contribution < 1.29 is 4.43 Å². The number of hydrogen-bond acceptors (Lipinski definition) is 1. The highest BCUT2D eigenvalue weighted by Crippen LogP contribution is 2.42. The molecule has 0 aromatic heterocycles. The number of hydrogen-bond donors (Lipinski definition) is 0. The SMILES string of the molecule is C/C=C/CCO[Si](C(C)C)(C(C)C)C(C)C. The van der Waals surface area contributed by atoms with E-state index in [9.17, 15) is 0 Å². The molecular weight excluding hydrogens is 212 g/mol. The minimum Gasteiger partial charge on any atom is -0.416 e. The predicted octanol–water partition coefficient (Wildman–Crippen LogP) is 5.14. The first-order chi connectivity index (χ1) is 7.39. The summed E-state index contributed by atoms with van der Waals surface area (Å²) in [5.41, 5.74) is 2.08. The van der Waals surface area contributed by atoms with Crippen molar-refractivity contribution in [1.82, 2.24) is 0 Å². The fourth-order valence-corrected chi connectivity index (χ4v) is 8.44. The van der Waals surface area contributed by atoms with E-state index < -0.39 is 8.32 Å². The molecule has 2 heteroatoms. The fourth-order valence-electron chi connectivity index (χ4n) is 2.97.